The Morgan fingerprint density at radius 3 is 2.82 bits per heavy atom. The summed E-state index contributed by atoms with van der Waals surface area (Å²) in [6.45, 7) is 3.95. The highest BCUT2D eigenvalue weighted by atomic mass is 16.5. The van der Waals surface area contributed by atoms with Crippen LogP contribution in [0.5, 0.6) is 0 Å². The van der Waals surface area contributed by atoms with Gasteiger partial charge in [-0.05, 0) is 32.3 Å². The Kier molecular flexibility index (Phi) is 4.37. The van der Waals surface area contributed by atoms with Gasteiger partial charge in [0.2, 0.25) is 0 Å². The number of nitrogens with zero attached hydrogens (tertiary/aromatic N) is 3. The molecular formula is C16H20N4O2. The number of benzene rings is 1. The molecule has 22 heavy (non-hydrogen) atoms. The first-order chi connectivity index (χ1) is 10.8. The molecule has 0 saturated carbocycles. The minimum Gasteiger partial charge on any atom is -0.461 e. The third-order valence-electron chi connectivity index (χ3n) is 3.76. The van der Waals surface area contributed by atoms with Crippen molar-refractivity contribution in [3.63, 3.8) is 0 Å². The average molecular weight is 300 g/mol. The molecule has 1 aromatic carbocycles. The summed E-state index contributed by atoms with van der Waals surface area (Å²) in [5, 5.41) is 11.5. The molecule has 0 unspecified atom stereocenters. The molecule has 2 aromatic rings. The number of carbonyl (C=O) groups is 1. The summed E-state index contributed by atoms with van der Waals surface area (Å²) < 4.78 is 5.10. The van der Waals surface area contributed by atoms with E-state index in [0.29, 0.717) is 18.0 Å². The molecule has 1 aliphatic heterocycles. The van der Waals surface area contributed by atoms with Gasteiger partial charge < -0.3 is 9.72 Å². The van der Waals surface area contributed by atoms with Crippen molar-refractivity contribution in [1.29, 1.82) is 0 Å². The van der Waals surface area contributed by atoms with Crippen molar-refractivity contribution < 1.29 is 9.53 Å². The number of esters is 1. The molecule has 0 atom stereocenters. The van der Waals surface area contributed by atoms with Gasteiger partial charge in [-0.2, -0.15) is 0 Å². The summed E-state index contributed by atoms with van der Waals surface area (Å²) in [7, 11) is 0. The number of nitrogens with one attached hydrogen (secondary N) is 1. The maximum atomic E-state index is 12.1. The Morgan fingerprint density at radius 2 is 2.05 bits per heavy atom. The molecule has 1 fully saturated rings. The Balaban J connectivity index is 1.96. The number of ether oxygens (including phenoxy) is 1. The fourth-order valence-corrected chi connectivity index (χ4v) is 2.66. The normalized spacial score (nSPS) is 15.6. The van der Waals surface area contributed by atoms with E-state index in [9.17, 15) is 4.79 Å². The fraction of sp³-hybridized carbons (Fsp3) is 0.438. The van der Waals surface area contributed by atoms with Crippen LogP contribution in [-0.4, -0.2) is 35.7 Å². The number of piperidine rings is 1. The molecule has 0 aliphatic carbocycles. The van der Waals surface area contributed by atoms with E-state index >= 15 is 0 Å². The lowest BCUT2D eigenvalue weighted by Gasteiger charge is -2.21. The van der Waals surface area contributed by atoms with Gasteiger partial charge >= 0.3 is 5.97 Å². The minimum atomic E-state index is -0.397. The van der Waals surface area contributed by atoms with Crippen LogP contribution in [0.1, 0.15) is 36.7 Å². The summed E-state index contributed by atoms with van der Waals surface area (Å²) >= 11 is 0. The molecule has 0 radical (unpaired) electrons. The average Bonchev–Trinajstić information content (AvgIpc) is 2.93. The maximum Gasteiger partial charge on any atom is 0.357 e. The smallest absolute Gasteiger partial charge is 0.357 e. The zero-order valence-corrected chi connectivity index (χ0v) is 12.7. The van der Waals surface area contributed by atoms with E-state index < -0.39 is 5.97 Å². The van der Waals surface area contributed by atoms with Gasteiger partial charge in [0.25, 0.3) is 0 Å². The van der Waals surface area contributed by atoms with Gasteiger partial charge in [0.15, 0.2) is 5.69 Å². The van der Waals surface area contributed by atoms with E-state index in [1.165, 1.54) is 6.42 Å². The van der Waals surface area contributed by atoms with Crippen molar-refractivity contribution in [3.05, 3.63) is 30.0 Å². The number of carbonyl (C=O) groups excluding carboxylic acids is 1. The largest absolute Gasteiger partial charge is 0.461 e. The zero-order valence-electron chi connectivity index (χ0n) is 12.7. The van der Waals surface area contributed by atoms with E-state index in [1.807, 2.05) is 29.3 Å². The van der Waals surface area contributed by atoms with Crippen LogP contribution in [0, 0.1) is 0 Å². The van der Waals surface area contributed by atoms with Crippen molar-refractivity contribution in [1.82, 2.24) is 9.99 Å². The predicted molar refractivity (Wildman–Crippen MR) is 84.2 cm³/mol. The monoisotopic (exact) mass is 300 g/mol. The zero-order chi connectivity index (χ0) is 15.4. The van der Waals surface area contributed by atoms with E-state index in [-0.39, 0.29) is 0 Å². The summed E-state index contributed by atoms with van der Waals surface area (Å²) in [4.78, 5) is 15.2. The number of hydrogen-bond donors (Lipinski definition) is 1. The van der Waals surface area contributed by atoms with Crippen LogP contribution < -0.4 is 0 Å². The Hall–Kier alpha value is -2.37. The molecular weight excluding hydrogens is 280 g/mol. The van der Waals surface area contributed by atoms with Crippen molar-refractivity contribution in [2.24, 2.45) is 10.3 Å². The first-order valence-corrected chi connectivity index (χ1v) is 7.74. The summed E-state index contributed by atoms with van der Waals surface area (Å²) in [5.74, 6) is -0.397. The third kappa shape index (κ3) is 2.95. The number of H-pyrrole nitrogens is 1. The highest BCUT2D eigenvalue weighted by molar-refractivity contribution is 6.04. The van der Waals surface area contributed by atoms with Crippen molar-refractivity contribution in [2.75, 3.05) is 19.7 Å². The van der Waals surface area contributed by atoms with Gasteiger partial charge in [0.05, 0.1) is 6.61 Å². The molecule has 6 heteroatoms. The lowest BCUT2D eigenvalue weighted by molar-refractivity contribution is 0.0521. The van der Waals surface area contributed by atoms with Gasteiger partial charge in [-0.25, -0.2) is 4.79 Å². The molecule has 0 spiro atoms. The van der Waals surface area contributed by atoms with E-state index in [0.717, 1.165) is 36.8 Å². The molecule has 1 N–H and O–H groups in total. The second kappa shape index (κ2) is 6.60. The van der Waals surface area contributed by atoms with Crippen LogP contribution in [0.25, 0.3) is 10.9 Å². The van der Waals surface area contributed by atoms with Gasteiger partial charge in [-0.1, -0.05) is 23.4 Å². The van der Waals surface area contributed by atoms with Crippen molar-refractivity contribution in [2.45, 2.75) is 26.2 Å². The van der Waals surface area contributed by atoms with Crippen LogP contribution >= 0.6 is 0 Å². The van der Waals surface area contributed by atoms with Crippen LogP contribution in [0.15, 0.2) is 34.6 Å². The lowest BCUT2D eigenvalue weighted by Crippen LogP contribution is -2.23. The van der Waals surface area contributed by atoms with Crippen LogP contribution in [0.3, 0.4) is 0 Å². The highest BCUT2D eigenvalue weighted by Crippen LogP contribution is 2.31. The van der Waals surface area contributed by atoms with Crippen molar-refractivity contribution in [3.8, 4) is 0 Å². The first-order valence-electron chi connectivity index (χ1n) is 7.74. The van der Waals surface area contributed by atoms with E-state index in [2.05, 4.69) is 15.3 Å². The molecule has 0 amide bonds. The minimum absolute atomic E-state index is 0.330. The Bertz CT molecular complexity index is 687. The van der Waals surface area contributed by atoms with Gasteiger partial charge in [-0.3, -0.25) is 5.01 Å². The first kappa shape index (κ1) is 14.6. The molecule has 1 aliphatic rings. The SMILES string of the molecule is CCOC(=O)c1[nH]c2ccccc2c1N=NN1CCCCC1. The Morgan fingerprint density at radius 1 is 1.27 bits per heavy atom. The second-order valence-electron chi connectivity index (χ2n) is 5.32. The fourth-order valence-electron chi connectivity index (χ4n) is 2.66. The number of aromatic nitrogens is 1. The third-order valence-corrected chi connectivity index (χ3v) is 3.76. The number of para-hydroxylation sites is 1. The maximum absolute atomic E-state index is 12.1. The van der Waals surface area contributed by atoms with E-state index in [1.54, 1.807) is 6.92 Å². The number of fused-ring (bicyclic) bond motifs is 1. The topological polar surface area (TPSA) is 70.0 Å². The number of aromatic amines is 1. The van der Waals surface area contributed by atoms with Crippen LogP contribution in [0.2, 0.25) is 0 Å². The highest BCUT2D eigenvalue weighted by Gasteiger charge is 2.19. The molecule has 2 heterocycles. The quantitative estimate of drug-likeness (QED) is 0.689. The van der Waals surface area contributed by atoms with Crippen LogP contribution in [-0.2, 0) is 4.74 Å². The molecule has 6 nitrogen and oxygen atoms in total. The Labute approximate surface area is 129 Å². The van der Waals surface area contributed by atoms with Gasteiger partial charge in [-0.15, -0.1) is 5.11 Å². The second-order valence-corrected chi connectivity index (χ2v) is 5.32. The van der Waals surface area contributed by atoms with Gasteiger partial charge in [0.1, 0.15) is 5.69 Å². The lowest BCUT2D eigenvalue weighted by atomic mass is 10.2. The molecule has 1 aromatic heterocycles. The number of hydrogen-bond acceptors (Lipinski definition) is 4. The molecule has 0 bridgehead atoms. The van der Waals surface area contributed by atoms with Crippen LogP contribution in [0.4, 0.5) is 5.69 Å². The summed E-state index contributed by atoms with van der Waals surface area (Å²) in [5.41, 5.74) is 1.78. The number of rotatable bonds is 4. The standard InChI is InChI=1S/C16H20N4O2/c1-2-22-16(21)15-14(12-8-4-5-9-13(12)17-15)18-19-20-10-6-3-7-11-20/h4-5,8-9,17H,2-3,6-7,10-11H2,1H3. The summed E-state index contributed by atoms with van der Waals surface area (Å²) in [6, 6.07) is 7.68. The molecule has 1 saturated heterocycles. The summed E-state index contributed by atoms with van der Waals surface area (Å²) in [6.07, 6.45) is 3.52. The molecule has 116 valence electrons. The van der Waals surface area contributed by atoms with Gasteiger partial charge in [0, 0.05) is 24.0 Å². The molecule has 3 rings (SSSR count). The predicted octanol–water partition coefficient (Wildman–Crippen LogP) is 3.83. The van der Waals surface area contributed by atoms with Crippen molar-refractivity contribution >= 4 is 22.6 Å². The van der Waals surface area contributed by atoms with E-state index in [4.69, 9.17) is 4.74 Å².